The van der Waals surface area contributed by atoms with E-state index in [1.807, 2.05) is 29.2 Å². The fraction of sp³-hybridized carbons (Fsp3) is 0.500. The number of likely N-dealkylation sites (tertiary alicyclic amines) is 1. The molecule has 0 saturated carbocycles. The molecule has 0 unspecified atom stereocenters. The average molecular weight is 354 g/mol. The molecule has 1 spiro atoms. The molecule has 3 fully saturated rings. The lowest BCUT2D eigenvalue weighted by Gasteiger charge is -2.34. The highest BCUT2D eigenvalue weighted by atomic mass is 16.5. The Kier molecular flexibility index (Phi) is 3.26. The van der Waals surface area contributed by atoms with Gasteiger partial charge < -0.3 is 19.0 Å². The van der Waals surface area contributed by atoms with E-state index < -0.39 is 5.72 Å². The van der Waals surface area contributed by atoms with Gasteiger partial charge in [0.15, 0.2) is 11.5 Å². The molecule has 26 heavy (non-hydrogen) atoms. The van der Waals surface area contributed by atoms with Crippen LogP contribution in [0, 0.1) is 5.92 Å². The molecule has 0 aliphatic carbocycles. The van der Waals surface area contributed by atoms with Gasteiger partial charge in [0.05, 0.1) is 25.1 Å². The van der Waals surface area contributed by atoms with Gasteiger partial charge >= 0.3 is 0 Å². The van der Waals surface area contributed by atoms with Crippen LogP contribution in [0.4, 0.5) is 0 Å². The van der Waals surface area contributed by atoms with Crippen molar-refractivity contribution < 1.29 is 18.7 Å². The van der Waals surface area contributed by atoms with Gasteiger partial charge in [0, 0.05) is 18.4 Å². The summed E-state index contributed by atoms with van der Waals surface area (Å²) >= 11 is 0. The van der Waals surface area contributed by atoms with Crippen LogP contribution in [-0.4, -0.2) is 52.6 Å². The number of hydrogen-bond donors (Lipinski definition) is 0. The molecule has 0 N–H and O–H groups in total. The number of nitrogens with zero attached hydrogens (tertiary/aromatic N) is 2. The van der Waals surface area contributed by atoms with Crippen molar-refractivity contribution in [3.05, 3.63) is 36.1 Å². The second kappa shape index (κ2) is 5.33. The molecule has 1 aromatic carbocycles. The van der Waals surface area contributed by atoms with E-state index in [1.54, 1.807) is 11.0 Å². The Balaban J connectivity index is 1.47. The molecule has 0 radical (unpaired) electrons. The van der Waals surface area contributed by atoms with Crippen LogP contribution in [0.3, 0.4) is 0 Å². The van der Waals surface area contributed by atoms with Crippen molar-refractivity contribution in [3.8, 4) is 0 Å². The maximum absolute atomic E-state index is 13.1. The predicted molar refractivity (Wildman–Crippen MR) is 94.4 cm³/mol. The molecular formula is C20H22N2O4. The minimum absolute atomic E-state index is 0.0910. The Hall–Kier alpha value is -2.34. The molecule has 1 aromatic heterocycles. The van der Waals surface area contributed by atoms with E-state index in [0.717, 1.165) is 5.39 Å². The lowest BCUT2D eigenvalue weighted by atomic mass is 10.0. The zero-order valence-electron chi connectivity index (χ0n) is 15.0. The maximum Gasteiger partial charge on any atom is 0.290 e. The summed E-state index contributed by atoms with van der Waals surface area (Å²) in [6.07, 6.45) is 0.994. The van der Waals surface area contributed by atoms with Crippen molar-refractivity contribution in [2.24, 2.45) is 5.92 Å². The topological polar surface area (TPSA) is 63.0 Å². The Labute approximate surface area is 151 Å². The number of amides is 2. The van der Waals surface area contributed by atoms with Gasteiger partial charge in [0.1, 0.15) is 5.58 Å². The van der Waals surface area contributed by atoms with Crippen LogP contribution in [0.15, 0.2) is 34.7 Å². The number of benzene rings is 1. The molecule has 3 atom stereocenters. The third-order valence-electron chi connectivity index (χ3n) is 6.15. The van der Waals surface area contributed by atoms with E-state index in [1.165, 1.54) is 0 Å². The summed E-state index contributed by atoms with van der Waals surface area (Å²) in [7, 11) is 0. The first kappa shape index (κ1) is 15.9. The summed E-state index contributed by atoms with van der Waals surface area (Å²) in [5, 5.41) is 0.908. The standard InChI is InChI=1S/C20H22N2O4/c1-12(2)14-11-25-20-7-8-21(17(20)10-18(23)22(14)20)19(24)16-9-13-5-3-4-6-15(13)26-16/h3-6,9,12,14,17H,7-8,10-11H2,1-2H3/t14-,17+,20-/m0/s1. The number of hydrogen-bond acceptors (Lipinski definition) is 4. The van der Waals surface area contributed by atoms with E-state index in [4.69, 9.17) is 9.15 Å². The fourth-order valence-corrected chi connectivity index (χ4v) is 4.84. The van der Waals surface area contributed by atoms with E-state index in [0.29, 0.717) is 43.3 Å². The van der Waals surface area contributed by atoms with E-state index in [-0.39, 0.29) is 23.9 Å². The highest BCUT2D eigenvalue weighted by molar-refractivity contribution is 5.97. The zero-order chi connectivity index (χ0) is 18.1. The molecule has 4 heterocycles. The normalized spacial score (nSPS) is 30.5. The molecule has 136 valence electrons. The first-order valence-corrected chi connectivity index (χ1v) is 9.27. The second-order valence-corrected chi connectivity index (χ2v) is 7.85. The average Bonchev–Trinajstić information content (AvgIpc) is 3.34. The summed E-state index contributed by atoms with van der Waals surface area (Å²) < 4.78 is 11.9. The first-order valence-electron chi connectivity index (χ1n) is 9.27. The van der Waals surface area contributed by atoms with Crippen LogP contribution < -0.4 is 0 Å². The minimum Gasteiger partial charge on any atom is -0.451 e. The monoisotopic (exact) mass is 354 g/mol. The summed E-state index contributed by atoms with van der Waals surface area (Å²) in [6.45, 7) is 5.35. The largest absolute Gasteiger partial charge is 0.451 e. The molecule has 3 saturated heterocycles. The maximum atomic E-state index is 13.1. The molecule has 6 nitrogen and oxygen atoms in total. The number of fused-ring (bicyclic) bond motifs is 1. The summed E-state index contributed by atoms with van der Waals surface area (Å²) in [4.78, 5) is 29.5. The minimum atomic E-state index is -0.645. The van der Waals surface area contributed by atoms with Crippen molar-refractivity contribution in [3.63, 3.8) is 0 Å². The third kappa shape index (κ3) is 1.96. The zero-order valence-corrected chi connectivity index (χ0v) is 15.0. The molecule has 5 rings (SSSR count). The summed E-state index contributed by atoms with van der Waals surface area (Å²) in [5.41, 5.74) is 0.0547. The van der Waals surface area contributed by atoms with Gasteiger partial charge in [-0.15, -0.1) is 0 Å². The van der Waals surface area contributed by atoms with Crippen molar-refractivity contribution in [2.45, 2.75) is 44.5 Å². The number of furan rings is 1. The highest BCUT2D eigenvalue weighted by Gasteiger charge is 2.65. The van der Waals surface area contributed by atoms with Gasteiger partial charge in [0.2, 0.25) is 5.91 Å². The highest BCUT2D eigenvalue weighted by Crippen LogP contribution is 2.49. The molecular weight excluding hydrogens is 332 g/mol. The third-order valence-corrected chi connectivity index (χ3v) is 6.15. The van der Waals surface area contributed by atoms with Gasteiger partial charge in [-0.3, -0.25) is 9.59 Å². The summed E-state index contributed by atoms with van der Waals surface area (Å²) in [5.74, 6) is 0.590. The number of ether oxygens (including phenoxy) is 1. The van der Waals surface area contributed by atoms with Crippen molar-refractivity contribution >= 4 is 22.8 Å². The van der Waals surface area contributed by atoms with Crippen molar-refractivity contribution in [1.82, 2.24) is 9.80 Å². The van der Waals surface area contributed by atoms with Crippen LogP contribution in [0.25, 0.3) is 11.0 Å². The number of carbonyl (C=O) groups is 2. The van der Waals surface area contributed by atoms with Crippen LogP contribution in [0.1, 0.15) is 37.2 Å². The Morgan fingerprint density at radius 1 is 1.31 bits per heavy atom. The molecule has 6 heteroatoms. The number of para-hydroxylation sites is 1. The molecule has 3 aliphatic heterocycles. The fourth-order valence-electron chi connectivity index (χ4n) is 4.84. The quantitative estimate of drug-likeness (QED) is 0.832. The predicted octanol–water partition coefficient (Wildman–Crippen LogP) is 2.63. The molecule has 3 aliphatic rings. The smallest absolute Gasteiger partial charge is 0.290 e. The lowest BCUT2D eigenvalue weighted by Crippen LogP contribution is -2.51. The van der Waals surface area contributed by atoms with Gasteiger partial charge in [0.25, 0.3) is 5.91 Å². The summed E-state index contributed by atoms with van der Waals surface area (Å²) in [6, 6.07) is 9.22. The van der Waals surface area contributed by atoms with Crippen LogP contribution >= 0.6 is 0 Å². The van der Waals surface area contributed by atoms with Gasteiger partial charge in [-0.1, -0.05) is 32.0 Å². The van der Waals surface area contributed by atoms with Crippen molar-refractivity contribution in [2.75, 3.05) is 13.2 Å². The Bertz CT molecular complexity index is 871. The molecule has 2 aromatic rings. The van der Waals surface area contributed by atoms with Crippen LogP contribution in [0.2, 0.25) is 0 Å². The second-order valence-electron chi connectivity index (χ2n) is 7.85. The van der Waals surface area contributed by atoms with Gasteiger partial charge in [-0.05, 0) is 18.1 Å². The number of rotatable bonds is 2. The van der Waals surface area contributed by atoms with E-state index in [9.17, 15) is 9.59 Å². The Morgan fingerprint density at radius 3 is 2.88 bits per heavy atom. The van der Waals surface area contributed by atoms with Crippen molar-refractivity contribution in [1.29, 1.82) is 0 Å². The van der Waals surface area contributed by atoms with Crippen LogP contribution in [-0.2, 0) is 9.53 Å². The van der Waals surface area contributed by atoms with E-state index >= 15 is 0 Å². The van der Waals surface area contributed by atoms with Crippen LogP contribution in [0.5, 0.6) is 0 Å². The molecule has 0 bridgehead atoms. The van der Waals surface area contributed by atoms with E-state index in [2.05, 4.69) is 13.8 Å². The van der Waals surface area contributed by atoms with Gasteiger partial charge in [-0.25, -0.2) is 0 Å². The lowest BCUT2D eigenvalue weighted by molar-refractivity contribution is -0.139. The Morgan fingerprint density at radius 2 is 2.12 bits per heavy atom. The van der Waals surface area contributed by atoms with Gasteiger partial charge in [-0.2, -0.15) is 0 Å². The molecule has 2 amide bonds. The number of carbonyl (C=O) groups excluding carboxylic acids is 2. The SMILES string of the molecule is CC(C)[C@@H]1CO[C@@]23CCN(C(=O)c4cc5ccccc5o4)[C@@H]2CC(=O)N13. The first-order chi connectivity index (χ1) is 12.5.